The Labute approximate surface area is 196 Å². The number of carbonyl (C=O) groups excluding carboxylic acids is 4. The van der Waals surface area contributed by atoms with Crippen molar-refractivity contribution in [2.75, 3.05) is 13.2 Å². The maximum absolute atomic E-state index is 13.5. The molecule has 0 amide bonds. The number of rotatable bonds is 4. The highest BCUT2D eigenvalue weighted by atomic mass is 16.6. The molecule has 1 spiro atoms. The first-order valence-electron chi connectivity index (χ1n) is 11.6. The van der Waals surface area contributed by atoms with Crippen LogP contribution >= 0.6 is 0 Å². The lowest BCUT2D eigenvalue weighted by molar-refractivity contribution is -0.373. The third kappa shape index (κ3) is 2.67. The van der Waals surface area contributed by atoms with E-state index in [1.807, 2.05) is 0 Å². The van der Waals surface area contributed by atoms with Gasteiger partial charge in [-0.25, -0.2) is 0 Å². The molecule has 0 aromatic heterocycles. The van der Waals surface area contributed by atoms with Crippen molar-refractivity contribution in [2.45, 2.75) is 64.6 Å². The van der Waals surface area contributed by atoms with E-state index in [-0.39, 0.29) is 25.4 Å². The summed E-state index contributed by atoms with van der Waals surface area (Å²) in [5, 5.41) is 22.3. The fraction of sp³-hybridized carbons (Fsp3) is 0.750. The summed E-state index contributed by atoms with van der Waals surface area (Å²) in [6.07, 6.45) is -3.37. The van der Waals surface area contributed by atoms with Gasteiger partial charge in [-0.3, -0.25) is 19.2 Å². The summed E-state index contributed by atoms with van der Waals surface area (Å²) in [5.41, 5.74) is -3.71. The van der Waals surface area contributed by atoms with Crippen LogP contribution in [0.25, 0.3) is 0 Å². The number of aliphatic hydroxyl groups excluding tert-OH is 2. The molecule has 0 aromatic carbocycles. The minimum absolute atomic E-state index is 0.0186. The zero-order valence-corrected chi connectivity index (χ0v) is 19.4. The molecule has 0 unspecified atom stereocenters. The maximum Gasteiger partial charge on any atom is 0.320 e. The summed E-state index contributed by atoms with van der Waals surface area (Å²) < 4.78 is 22.9. The summed E-state index contributed by atoms with van der Waals surface area (Å²) in [5.74, 6) is -4.28. The van der Waals surface area contributed by atoms with Crippen LogP contribution in [-0.4, -0.2) is 71.7 Å². The van der Waals surface area contributed by atoms with Gasteiger partial charge in [0.1, 0.15) is 24.2 Å². The van der Waals surface area contributed by atoms with Crippen molar-refractivity contribution in [1.29, 1.82) is 0 Å². The van der Waals surface area contributed by atoms with Crippen LogP contribution in [0.5, 0.6) is 0 Å². The predicted octanol–water partition coefficient (Wildman–Crippen LogP) is 0.280. The lowest BCUT2D eigenvalue weighted by Gasteiger charge is -2.69. The Kier molecular flexibility index (Phi) is 5.07. The van der Waals surface area contributed by atoms with Gasteiger partial charge in [0, 0.05) is 42.9 Å². The van der Waals surface area contributed by atoms with E-state index in [1.165, 1.54) is 13.8 Å². The van der Waals surface area contributed by atoms with Crippen molar-refractivity contribution >= 4 is 23.7 Å². The Bertz CT molecular complexity index is 990. The van der Waals surface area contributed by atoms with Crippen LogP contribution in [0.4, 0.5) is 0 Å². The molecule has 10 nitrogen and oxygen atoms in total. The molecule has 5 rings (SSSR count). The first kappa shape index (κ1) is 23.4. The number of esters is 3. The zero-order valence-electron chi connectivity index (χ0n) is 19.4. The van der Waals surface area contributed by atoms with Gasteiger partial charge in [0.15, 0.2) is 12.1 Å². The third-order valence-corrected chi connectivity index (χ3v) is 9.19. The second kappa shape index (κ2) is 7.35. The predicted molar refractivity (Wildman–Crippen MR) is 111 cm³/mol. The van der Waals surface area contributed by atoms with Gasteiger partial charge < -0.3 is 29.2 Å². The summed E-state index contributed by atoms with van der Waals surface area (Å²) in [4.78, 5) is 50.7. The molecular formula is C24H30O10. The largest absolute Gasteiger partial charge is 0.465 e. The second-order valence-corrected chi connectivity index (χ2v) is 10.8. The molecule has 2 aliphatic heterocycles. The lowest BCUT2D eigenvalue weighted by atomic mass is 9.41. The van der Waals surface area contributed by atoms with Crippen LogP contribution in [-0.2, 0) is 38.1 Å². The Hall–Kier alpha value is -2.30. The van der Waals surface area contributed by atoms with Crippen molar-refractivity contribution in [2.24, 2.45) is 34.0 Å². The maximum atomic E-state index is 13.5. The second-order valence-electron chi connectivity index (χ2n) is 10.8. The van der Waals surface area contributed by atoms with Crippen LogP contribution < -0.4 is 0 Å². The number of ether oxygens (including phenoxy) is 4. The fourth-order valence-electron chi connectivity index (χ4n) is 8.00. The topological polar surface area (TPSA) is 146 Å². The van der Waals surface area contributed by atoms with Crippen molar-refractivity contribution in [3.63, 3.8) is 0 Å². The average molecular weight is 478 g/mol. The van der Waals surface area contributed by atoms with Gasteiger partial charge in [-0.2, -0.15) is 0 Å². The molecule has 2 N–H and O–H groups in total. The van der Waals surface area contributed by atoms with Gasteiger partial charge in [-0.1, -0.05) is 13.5 Å². The van der Waals surface area contributed by atoms with E-state index >= 15 is 0 Å². The molecular weight excluding hydrogens is 448 g/mol. The quantitative estimate of drug-likeness (QED) is 0.250. The molecule has 0 aromatic rings. The van der Waals surface area contributed by atoms with E-state index in [0.29, 0.717) is 12.0 Å². The minimum atomic E-state index is -1.56. The number of aliphatic hydroxyl groups is 2. The molecule has 5 fully saturated rings. The van der Waals surface area contributed by atoms with Gasteiger partial charge in [0.05, 0.1) is 12.7 Å². The van der Waals surface area contributed by atoms with Crippen molar-refractivity contribution in [1.82, 2.24) is 0 Å². The Morgan fingerprint density at radius 3 is 2.50 bits per heavy atom. The van der Waals surface area contributed by atoms with Crippen LogP contribution in [0.3, 0.4) is 0 Å². The lowest BCUT2D eigenvalue weighted by Crippen LogP contribution is -2.78. The Balaban J connectivity index is 1.71. The van der Waals surface area contributed by atoms with Crippen molar-refractivity contribution < 1.29 is 48.3 Å². The minimum Gasteiger partial charge on any atom is -0.465 e. The SMILES string of the molecule is C=C1C(=O)[C@@]23C[C@H]1C[C@H]1O[C@H](O)[C@@H]4[C@](C)(COC(C)=O)[C@H](OC(C)=O)C[C@@H](OC2=O)[C@@]4(CO)[C@H]13. The molecule has 10 heteroatoms. The molecule has 3 aliphatic carbocycles. The Morgan fingerprint density at radius 2 is 1.88 bits per heavy atom. The van der Waals surface area contributed by atoms with Crippen molar-refractivity contribution in [3.8, 4) is 0 Å². The summed E-state index contributed by atoms with van der Waals surface area (Å²) in [6.45, 7) is 7.34. The van der Waals surface area contributed by atoms with E-state index in [0.717, 1.165) is 0 Å². The summed E-state index contributed by atoms with van der Waals surface area (Å²) in [7, 11) is 0. The smallest absolute Gasteiger partial charge is 0.320 e. The molecule has 2 saturated heterocycles. The third-order valence-electron chi connectivity index (χ3n) is 9.19. The molecule has 186 valence electrons. The molecule has 34 heavy (non-hydrogen) atoms. The Morgan fingerprint density at radius 1 is 1.18 bits per heavy atom. The summed E-state index contributed by atoms with van der Waals surface area (Å²) >= 11 is 0. The van der Waals surface area contributed by atoms with Gasteiger partial charge in [-0.15, -0.1) is 0 Å². The zero-order chi connectivity index (χ0) is 24.8. The van der Waals surface area contributed by atoms with E-state index in [9.17, 15) is 29.4 Å². The van der Waals surface area contributed by atoms with Gasteiger partial charge >= 0.3 is 17.9 Å². The molecule has 10 atom stereocenters. The molecule has 3 saturated carbocycles. The first-order valence-corrected chi connectivity index (χ1v) is 11.6. The molecule has 5 aliphatic rings. The average Bonchev–Trinajstić information content (AvgIpc) is 2.95. The first-order chi connectivity index (χ1) is 15.9. The number of allylic oxidation sites excluding steroid dienone is 1. The number of carbonyl (C=O) groups is 4. The van der Waals surface area contributed by atoms with Gasteiger partial charge in [-0.05, 0) is 24.3 Å². The number of Topliss-reactive ketones (excluding diaryl/α,β-unsaturated/α-hetero) is 1. The van der Waals surface area contributed by atoms with Crippen LogP contribution in [0.2, 0.25) is 0 Å². The van der Waals surface area contributed by atoms with E-state index in [2.05, 4.69) is 6.58 Å². The van der Waals surface area contributed by atoms with Crippen LogP contribution in [0.15, 0.2) is 12.2 Å². The summed E-state index contributed by atoms with van der Waals surface area (Å²) in [6, 6.07) is 0. The highest BCUT2D eigenvalue weighted by Gasteiger charge is 2.81. The molecule has 2 bridgehead atoms. The number of ketones is 1. The van der Waals surface area contributed by atoms with E-state index in [1.54, 1.807) is 6.92 Å². The number of fused-ring (bicyclic) bond motifs is 1. The van der Waals surface area contributed by atoms with Crippen LogP contribution in [0.1, 0.15) is 40.0 Å². The van der Waals surface area contributed by atoms with Gasteiger partial charge in [0.25, 0.3) is 0 Å². The standard InChI is InChI=1S/C24H30O10/c1-10-13-5-14-17-23(7-13,19(10)28)21(30)34-16-6-15(32-12(3)27)22(4,9-31-11(2)26)18(20(29)33-14)24(16,17)8-25/h13-18,20,25,29H,1,5-9H2,2-4H3/t13-,14-,15-,16-,17-,18-,20+,22-,23+,24+/m1/s1. The van der Waals surface area contributed by atoms with Crippen molar-refractivity contribution in [3.05, 3.63) is 12.2 Å². The number of hydrogen-bond donors (Lipinski definition) is 2. The molecule has 0 radical (unpaired) electrons. The fourth-order valence-corrected chi connectivity index (χ4v) is 8.00. The highest BCUT2D eigenvalue weighted by Crippen LogP contribution is 2.72. The normalized spacial score (nSPS) is 48.6. The van der Waals surface area contributed by atoms with E-state index in [4.69, 9.17) is 18.9 Å². The molecule has 2 heterocycles. The van der Waals surface area contributed by atoms with E-state index < -0.39 is 83.0 Å². The highest BCUT2D eigenvalue weighted by molar-refractivity contribution is 6.15. The van der Waals surface area contributed by atoms with Crippen LogP contribution in [0, 0.1) is 34.0 Å². The van der Waals surface area contributed by atoms with Gasteiger partial charge in [0.2, 0.25) is 0 Å². The number of hydrogen-bond acceptors (Lipinski definition) is 10. The monoisotopic (exact) mass is 478 g/mol.